The lowest BCUT2D eigenvalue weighted by atomic mass is 9.88. The van der Waals surface area contributed by atoms with Gasteiger partial charge in [0.1, 0.15) is 0 Å². The summed E-state index contributed by atoms with van der Waals surface area (Å²) in [6.07, 6.45) is 7.59. The summed E-state index contributed by atoms with van der Waals surface area (Å²) in [5, 5.41) is 8.99. The van der Waals surface area contributed by atoms with Gasteiger partial charge in [-0.3, -0.25) is 9.59 Å². The highest BCUT2D eigenvalue weighted by atomic mass is 16.4. The van der Waals surface area contributed by atoms with Crippen LogP contribution in [-0.4, -0.2) is 34.5 Å². The largest absolute Gasteiger partial charge is 0.481 e. The Morgan fingerprint density at radius 2 is 1.78 bits per heavy atom. The molecule has 1 N–H and O–H groups in total. The molecule has 2 rings (SSSR count). The Hall–Kier alpha value is -1.06. The third kappa shape index (κ3) is 3.24. The van der Waals surface area contributed by atoms with E-state index < -0.39 is 11.9 Å². The molecule has 0 radical (unpaired) electrons. The molecule has 0 aromatic heterocycles. The van der Waals surface area contributed by atoms with Gasteiger partial charge < -0.3 is 10.0 Å². The Labute approximate surface area is 108 Å². The molecule has 0 heterocycles. The van der Waals surface area contributed by atoms with E-state index in [0.29, 0.717) is 12.6 Å². The molecule has 102 valence electrons. The first-order chi connectivity index (χ1) is 8.59. The second kappa shape index (κ2) is 5.72. The van der Waals surface area contributed by atoms with Crippen molar-refractivity contribution in [3.63, 3.8) is 0 Å². The van der Waals surface area contributed by atoms with Crippen molar-refractivity contribution in [2.75, 3.05) is 6.54 Å². The number of carboxylic acid groups (broad SMARTS) is 1. The molecule has 18 heavy (non-hydrogen) atoms. The van der Waals surface area contributed by atoms with Crippen molar-refractivity contribution < 1.29 is 14.7 Å². The van der Waals surface area contributed by atoms with Crippen molar-refractivity contribution in [3.8, 4) is 0 Å². The van der Waals surface area contributed by atoms with Crippen LogP contribution in [0.25, 0.3) is 0 Å². The quantitative estimate of drug-likeness (QED) is 0.817. The van der Waals surface area contributed by atoms with Crippen LogP contribution in [0.3, 0.4) is 0 Å². The van der Waals surface area contributed by atoms with E-state index >= 15 is 0 Å². The predicted molar refractivity (Wildman–Crippen MR) is 68.1 cm³/mol. The van der Waals surface area contributed by atoms with Crippen LogP contribution in [0.4, 0.5) is 0 Å². The zero-order valence-electron chi connectivity index (χ0n) is 11.1. The van der Waals surface area contributed by atoms with Crippen molar-refractivity contribution in [1.82, 2.24) is 4.90 Å². The first kappa shape index (κ1) is 13.4. The fourth-order valence-corrected chi connectivity index (χ4v) is 2.76. The maximum absolute atomic E-state index is 12.5. The van der Waals surface area contributed by atoms with Gasteiger partial charge in [0.15, 0.2) is 0 Å². The van der Waals surface area contributed by atoms with Crippen molar-refractivity contribution >= 4 is 11.9 Å². The van der Waals surface area contributed by atoms with Crippen LogP contribution in [0.2, 0.25) is 0 Å². The lowest BCUT2D eigenvalue weighted by Gasteiger charge is -2.30. The fraction of sp³-hybridized carbons (Fsp3) is 0.857. The van der Waals surface area contributed by atoms with Gasteiger partial charge in [0, 0.05) is 18.5 Å². The summed E-state index contributed by atoms with van der Waals surface area (Å²) < 4.78 is 0. The summed E-state index contributed by atoms with van der Waals surface area (Å²) in [6.45, 7) is 2.07. The van der Waals surface area contributed by atoms with Crippen LogP contribution < -0.4 is 0 Å². The smallest absolute Gasteiger partial charge is 0.308 e. The van der Waals surface area contributed by atoms with Crippen LogP contribution >= 0.6 is 0 Å². The first-order valence-electron chi connectivity index (χ1n) is 7.13. The Kier molecular flexibility index (Phi) is 4.25. The zero-order valence-corrected chi connectivity index (χ0v) is 11.1. The minimum absolute atomic E-state index is 0.153. The normalized spacial score (nSPS) is 22.5. The van der Waals surface area contributed by atoms with E-state index in [-0.39, 0.29) is 11.8 Å². The number of hydrogen-bond donors (Lipinski definition) is 1. The van der Waals surface area contributed by atoms with Gasteiger partial charge in [0.25, 0.3) is 0 Å². The second-order valence-corrected chi connectivity index (χ2v) is 5.80. The van der Waals surface area contributed by atoms with Gasteiger partial charge in [-0.1, -0.05) is 26.2 Å². The Morgan fingerprint density at radius 1 is 1.17 bits per heavy atom. The Bertz CT molecular complexity index is 319. The van der Waals surface area contributed by atoms with Crippen LogP contribution in [-0.2, 0) is 9.59 Å². The molecule has 2 aliphatic carbocycles. The molecule has 0 aromatic rings. The number of carbonyl (C=O) groups is 2. The molecular formula is C14H23NO3. The van der Waals surface area contributed by atoms with Gasteiger partial charge >= 0.3 is 5.97 Å². The summed E-state index contributed by atoms with van der Waals surface area (Å²) in [5.41, 5.74) is 0. The van der Waals surface area contributed by atoms with Crippen LogP contribution in [0.1, 0.15) is 51.9 Å². The van der Waals surface area contributed by atoms with Crippen molar-refractivity contribution in [1.29, 1.82) is 0 Å². The lowest BCUT2D eigenvalue weighted by Crippen LogP contribution is -2.42. The monoisotopic (exact) mass is 253 g/mol. The molecule has 0 bridgehead atoms. The summed E-state index contributed by atoms with van der Waals surface area (Å²) in [4.78, 5) is 25.3. The Balaban J connectivity index is 1.95. The van der Waals surface area contributed by atoms with Crippen molar-refractivity contribution in [2.24, 2.45) is 11.8 Å². The number of carbonyl (C=O) groups excluding carboxylic acids is 1. The third-order valence-corrected chi connectivity index (χ3v) is 4.12. The molecule has 0 aliphatic heterocycles. The molecule has 0 aromatic carbocycles. The van der Waals surface area contributed by atoms with Gasteiger partial charge in [-0.25, -0.2) is 0 Å². The maximum atomic E-state index is 12.5. The molecule has 4 nitrogen and oxygen atoms in total. The number of rotatable bonds is 5. The lowest BCUT2D eigenvalue weighted by molar-refractivity contribution is -0.144. The summed E-state index contributed by atoms with van der Waals surface area (Å²) in [6, 6.07) is 0.321. The fourth-order valence-electron chi connectivity index (χ4n) is 2.76. The van der Waals surface area contributed by atoms with Gasteiger partial charge in [0.05, 0.1) is 5.92 Å². The van der Waals surface area contributed by atoms with Gasteiger partial charge in [-0.05, 0) is 25.7 Å². The van der Waals surface area contributed by atoms with E-state index in [1.165, 1.54) is 6.42 Å². The van der Waals surface area contributed by atoms with E-state index in [0.717, 1.165) is 38.5 Å². The van der Waals surface area contributed by atoms with Crippen LogP contribution in [0.5, 0.6) is 0 Å². The first-order valence-corrected chi connectivity index (χ1v) is 7.13. The summed E-state index contributed by atoms with van der Waals surface area (Å²) in [5.74, 6) is -0.902. The zero-order chi connectivity index (χ0) is 13.1. The summed E-state index contributed by atoms with van der Waals surface area (Å²) >= 11 is 0. The van der Waals surface area contributed by atoms with Crippen molar-refractivity contribution in [2.45, 2.75) is 57.9 Å². The predicted octanol–water partition coefficient (Wildman–Crippen LogP) is 2.28. The average Bonchev–Trinajstić information content (AvgIpc) is 3.20. The van der Waals surface area contributed by atoms with E-state index in [4.69, 9.17) is 5.11 Å². The SMILES string of the molecule is CC(CN(C(=O)C1CCCCC1)C1CC1)C(=O)O. The van der Waals surface area contributed by atoms with Gasteiger partial charge in [-0.2, -0.15) is 0 Å². The van der Waals surface area contributed by atoms with E-state index in [9.17, 15) is 9.59 Å². The molecule has 0 spiro atoms. The van der Waals surface area contributed by atoms with E-state index in [2.05, 4.69) is 0 Å². The van der Waals surface area contributed by atoms with Crippen molar-refractivity contribution in [3.05, 3.63) is 0 Å². The molecule has 0 saturated heterocycles. The minimum atomic E-state index is -0.808. The number of hydrogen-bond acceptors (Lipinski definition) is 2. The van der Waals surface area contributed by atoms with Crippen LogP contribution in [0.15, 0.2) is 0 Å². The number of amides is 1. The topological polar surface area (TPSA) is 57.6 Å². The summed E-state index contributed by atoms with van der Waals surface area (Å²) in [7, 11) is 0. The molecule has 1 amide bonds. The molecule has 1 unspecified atom stereocenters. The molecule has 2 saturated carbocycles. The van der Waals surface area contributed by atoms with E-state index in [1.54, 1.807) is 6.92 Å². The minimum Gasteiger partial charge on any atom is -0.481 e. The van der Waals surface area contributed by atoms with Crippen LogP contribution in [0, 0.1) is 11.8 Å². The highest BCUT2D eigenvalue weighted by molar-refractivity contribution is 5.80. The average molecular weight is 253 g/mol. The molecule has 2 fully saturated rings. The van der Waals surface area contributed by atoms with E-state index in [1.807, 2.05) is 4.90 Å². The number of nitrogens with zero attached hydrogens (tertiary/aromatic N) is 1. The second-order valence-electron chi connectivity index (χ2n) is 5.80. The molecular weight excluding hydrogens is 230 g/mol. The highest BCUT2D eigenvalue weighted by Gasteiger charge is 2.37. The standard InChI is InChI=1S/C14H23NO3/c1-10(14(17)18)9-15(12-7-8-12)13(16)11-5-3-2-4-6-11/h10-12H,2-9H2,1H3,(H,17,18). The number of carboxylic acids is 1. The Morgan fingerprint density at radius 3 is 2.28 bits per heavy atom. The maximum Gasteiger partial charge on any atom is 0.308 e. The number of aliphatic carboxylic acids is 1. The molecule has 2 aliphatic rings. The highest BCUT2D eigenvalue weighted by Crippen LogP contribution is 2.32. The van der Waals surface area contributed by atoms with Gasteiger partial charge in [0.2, 0.25) is 5.91 Å². The van der Waals surface area contributed by atoms with Gasteiger partial charge in [-0.15, -0.1) is 0 Å². The molecule has 1 atom stereocenters. The molecule has 4 heteroatoms. The third-order valence-electron chi connectivity index (χ3n) is 4.12.